The van der Waals surface area contributed by atoms with E-state index < -0.39 is 11.6 Å². The van der Waals surface area contributed by atoms with Crippen LogP contribution >= 0.6 is 11.8 Å². The molecule has 2 aromatic carbocycles. The topological polar surface area (TPSA) is 26.0 Å². The van der Waals surface area contributed by atoms with Gasteiger partial charge < -0.3 is 5.73 Å². The number of halogens is 2. The van der Waals surface area contributed by atoms with Gasteiger partial charge in [0, 0.05) is 10.9 Å². The summed E-state index contributed by atoms with van der Waals surface area (Å²) in [6.45, 7) is 1.86. The summed E-state index contributed by atoms with van der Waals surface area (Å²) in [6, 6.07) is 10.8. The van der Waals surface area contributed by atoms with Crippen LogP contribution < -0.4 is 5.73 Å². The van der Waals surface area contributed by atoms with Crippen molar-refractivity contribution in [2.45, 2.75) is 22.8 Å². The third-order valence-corrected chi connectivity index (χ3v) is 3.65. The first-order valence-electron chi connectivity index (χ1n) is 5.55. The van der Waals surface area contributed by atoms with Crippen molar-refractivity contribution in [2.24, 2.45) is 5.73 Å². The van der Waals surface area contributed by atoms with Crippen molar-refractivity contribution in [3.8, 4) is 0 Å². The normalized spacial score (nSPS) is 12.4. The lowest BCUT2D eigenvalue weighted by molar-refractivity contribution is 0.577. The molecular weight excluding hydrogens is 252 g/mol. The van der Waals surface area contributed by atoms with Gasteiger partial charge in [-0.1, -0.05) is 30.0 Å². The molecule has 0 aliphatic carbocycles. The van der Waals surface area contributed by atoms with Gasteiger partial charge in [-0.05, 0) is 36.8 Å². The van der Waals surface area contributed by atoms with Gasteiger partial charge in [-0.15, -0.1) is 0 Å². The van der Waals surface area contributed by atoms with Gasteiger partial charge in [0.25, 0.3) is 0 Å². The zero-order valence-corrected chi connectivity index (χ0v) is 10.7. The second-order valence-corrected chi connectivity index (χ2v) is 5.09. The Labute approximate surface area is 109 Å². The highest BCUT2D eigenvalue weighted by Crippen LogP contribution is 2.34. The summed E-state index contributed by atoms with van der Waals surface area (Å²) in [4.78, 5) is 1.11. The molecule has 2 N–H and O–H groups in total. The lowest BCUT2D eigenvalue weighted by Gasteiger charge is -2.12. The molecule has 0 bridgehead atoms. The van der Waals surface area contributed by atoms with E-state index >= 15 is 0 Å². The lowest BCUT2D eigenvalue weighted by atomic mass is 10.1. The fraction of sp³-hybridized carbons (Fsp3) is 0.143. The maximum absolute atomic E-state index is 13.6. The molecule has 1 atom stereocenters. The molecule has 18 heavy (non-hydrogen) atoms. The van der Waals surface area contributed by atoms with Gasteiger partial charge in [-0.3, -0.25) is 0 Å². The third kappa shape index (κ3) is 2.89. The fourth-order valence-electron chi connectivity index (χ4n) is 1.62. The van der Waals surface area contributed by atoms with E-state index in [2.05, 4.69) is 0 Å². The summed E-state index contributed by atoms with van der Waals surface area (Å²) in [7, 11) is 0. The third-order valence-electron chi connectivity index (χ3n) is 2.52. The zero-order chi connectivity index (χ0) is 13.1. The minimum atomic E-state index is -0.447. The highest BCUT2D eigenvalue weighted by Gasteiger charge is 2.11. The van der Waals surface area contributed by atoms with Crippen molar-refractivity contribution >= 4 is 11.8 Å². The van der Waals surface area contributed by atoms with Crippen LogP contribution in [-0.2, 0) is 0 Å². The van der Waals surface area contributed by atoms with E-state index in [4.69, 9.17) is 5.73 Å². The predicted octanol–water partition coefficient (Wildman–Crippen LogP) is 4.14. The number of hydrogen-bond donors (Lipinski definition) is 1. The van der Waals surface area contributed by atoms with Crippen molar-refractivity contribution in [3.63, 3.8) is 0 Å². The number of benzene rings is 2. The van der Waals surface area contributed by atoms with Crippen molar-refractivity contribution in [1.82, 2.24) is 0 Å². The molecule has 0 spiro atoms. The largest absolute Gasteiger partial charge is 0.324 e. The van der Waals surface area contributed by atoms with E-state index in [9.17, 15) is 8.78 Å². The van der Waals surface area contributed by atoms with Gasteiger partial charge in [0.15, 0.2) is 0 Å². The van der Waals surface area contributed by atoms with Crippen molar-refractivity contribution in [1.29, 1.82) is 0 Å². The molecule has 0 aliphatic heterocycles. The van der Waals surface area contributed by atoms with Gasteiger partial charge in [0.1, 0.15) is 11.6 Å². The van der Waals surface area contributed by atoms with Gasteiger partial charge in [0.05, 0.1) is 4.90 Å². The van der Waals surface area contributed by atoms with Crippen LogP contribution in [0.3, 0.4) is 0 Å². The van der Waals surface area contributed by atoms with E-state index in [1.165, 1.54) is 17.8 Å². The van der Waals surface area contributed by atoms with Crippen molar-refractivity contribution in [3.05, 3.63) is 59.7 Å². The zero-order valence-electron chi connectivity index (χ0n) is 9.86. The van der Waals surface area contributed by atoms with Gasteiger partial charge in [0.2, 0.25) is 0 Å². The van der Waals surface area contributed by atoms with E-state index in [-0.39, 0.29) is 10.9 Å². The SMILES string of the molecule is C[C@@H](N)c1ccccc1Sc1cc(F)ccc1F. The maximum Gasteiger partial charge on any atom is 0.137 e. The molecule has 0 unspecified atom stereocenters. The first-order chi connectivity index (χ1) is 8.58. The Hall–Kier alpha value is -1.39. The van der Waals surface area contributed by atoms with Gasteiger partial charge in [-0.2, -0.15) is 0 Å². The predicted molar refractivity (Wildman–Crippen MR) is 69.5 cm³/mol. The standard InChI is InChI=1S/C14H13F2NS/c1-9(17)11-4-2-3-5-13(11)18-14-8-10(15)6-7-12(14)16/h2-9H,17H2,1H3/t9-/m1/s1. The Morgan fingerprint density at radius 2 is 1.78 bits per heavy atom. The fourth-order valence-corrected chi connectivity index (χ4v) is 2.72. The van der Waals surface area contributed by atoms with E-state index in [0.717, 1.165) is 22.6 Å². The smallest absolute Gasteiger partial charge is 0.137 e. The lowest BCUT2D eigenvalue weighted by Crippen LogP contribution is -2.06. The van der Waals surface area contributed by atoms with Gasteiger partial charge >= 0.3 is 0 Å². The molecule has 0 saturated carbocycles. The second-order valence-electron chi connectivity index (χ2n) is 4.00. The molecule has 0 radical (unpaired) electrons. The minimum absolute atomic E-state index is 0.148. The van der Waals surface area contributed by atoms with Crippen LogP contribution in [-0.4, -0.2) is 0 Å². The Morgan fingerprint density at radius 1 is 1.06 bits per heavy atom. The first kappa shape index (κ1) is 13.1. The Balaban J connectivity index is 2.37. The van der Waals surface area contributed by atoms with Crippen molar-refractivity contribution in [2.75, 3.05) is 0 Å². The van der Waals surface area contributed by atoms with Crippen LogP contribution in [0.5, 0.6) is 0 Å². The van der Waals surface area contributed by atoms with Crippen LogP contribution in [0, 0.1) is 11.6 Å². The van der Waals surface area contributed by atoms with Crippen LogP contribution in [0.15, 0.2) is 52.3 Å². The minimum Gasteiger partial charge on any atom is -0.324 e. The molecular formula is C14H13F2NS. The number of rotatable bonds is 3. The van der Waals surface area contributed by atoms with Crippen LogP contribution in [0.25, 0.3) is 0 Å². The van der Waals surface area contributed by atoms with Crippen LogP contribution in [0.4, 0.5) is 8.78 Å². The molecule has 0 heterocycles. The van der Waals surface area contributed by atoms with Crippen molar-refractivity contribution < 1.29 is 8.78 Å². The Morgan fingerprint density at radius 3 is 2.50 bits per heavy atom. The maximum atomic E-state index is 13.6. The highest BCUT2D eigenvalue weighted by atomic mass is 32.2. The molecule has 4 heteroatoms. The quantitative estimate of drug-likeness (QED) is 0.902. The van der Waals surface area contributed by atoms with Gasteiger partial charge in [-0.25, -0.2) is 8.78 Å². The molecule has 0 aliphatic rings. The molecule has 94 valence electrons. The molecule has 0 fully saturated rings. The summed E-state index contributed by atoms with van der Waals surface area (Å²) in [5, 5.41) is 0. The van der Waals surface area contributed by atoms with Crippen LogP contribution in [0.2, 0.25) is 0 Å². The average Bonchev–Trinajstić information content (AvgIpc) is 2.34. The average molecular weight is 265 g/mol. The summed E-state index contributed by atoms with van der Waals surface area (Å²) in [6.07, 6.45) is 0. The van der Waals surface area contributed by atoms with E-state index in [1.54, 1.807) is 0 Å². The summed E-state index contributed by atoms with van der Waals surface area (Å²) in [5.74, 6) is -0.877. The molecule has 0 amide bonds. The van der Waals surface area contributed by atoms with E-state index in [0.29, 0.717) is 0 Å². The number of hydrogen-bond acceptors (Lipinski definition) is 2. The highest BCUT2D eigenvalue weighted by molar-refractivity contribution is 7.99. The Bertz CT molecular complexity index is 555. The second kappa shape index (κ2) is 5.50. The molecule has 0 saturated heterocycles. The first-order valence-corrected chi connectivity index (χ1v) is 6.37. The molecule has 2 aromatic rings. The van der Waals surface area contributed by atoms with Crippen LogP contribution in [0.1, 0.15) is 18.5 Å². The van der Waals surface area contributed by atoms with E-state index in [1.807, 2.05) is 31.2 Å². The summed E-state index contributed by atoms with van der Waals surface area (Å²) >= 11 is 1.19. The monoisotopic (exact) mass is 265 g/mol. The number of nitrogens with two attached hydrogens (primary N) is 1. The molecule has 2 rings (SSSR count). The Kier molecular flexibility index (Phi) is 3.99. The summed E-state index contributed by atoms with van der Waals surface area (Å²) in [5.41, 5.74) is 6.78. The molecule has 0 aromatic heterocycles. The molecule has 1 nitrogen and oxygen atoms in total. The summed E-state index contributed by atoms with van der Waals surface area (Å²) < 4.78 is 26.7.